The fourth-order valence-corrected chi connectivity index (χ4v) is 3.14. The van der Waals surface area contributed by atoms with Gasteiger partial charge in [-0.2, -0.15) is 5.10 Å². The number of amides is 2. The van der Waals surface area contributed by atoms with Crippen LogP contribution < -0.4 is 10.6 Å². The van der Waals surface area contributed by atoms with Gasteiger partial charge in [0.2, 0.25) is 5.91 Å². The number of rotatable bonds is 5. The molecule has 8 heteroatoms. The molecular formula is C17H22N6O2. The summed E-state index contributed by atoms with van der Waals surface area (Å²) >= 11 is 0. The van der Waals surface area contributed by atoms with Gasteiger partial charge in [0.1, 0.15) is 5.82 Å². The molecule has 2 aromatic rings. The molecule has 0 radical (unpaired) electrons. The van der Waals surface area contributed by atoms with Crippen molar-refractivity contribution in [3.63, 3.8) is 0 Å². The molecule has 2 atom stereocenters. The van der Waals surface area contributed by atoms with Crippen LogP contribution in [-0.2, 0) is 11.8 Å². The lowest BCUT2D eigenvalue weighted by molar-refractivity contribution is -0.127. The van der Waals surface area contributed by atoms with Crippen LogP contribution in [0.5, 0.6) is 0 Å². The summed E-state index contributed by atoms with van der Waals surface area (Å²) in [4.78, 5) is 30.0. The predicted molar refractivity (Wildman–Crippen MR) is 93.0 cm³/mol. The number of anilines is 1. The van der Waals surface area contributed by atoms with Gasteiger partial charge in [-0.05, 0) is 25.1 Å². The molecule has 25 heavy (non-hydrogen) atoms. The molecule has 0 unspecified atom stereocenters. The van der Waals surface area contributed by atoms with Gasteiger partial charge in [-0.3, -0.25) is 14.3 Å². The summed E-state index contributed by atoms with van der Waals surface area (Å²) in [6.45, 7) is 2.44. The summed E-state index contributed by atoms with van der Waals surface area (Å²) in [6.07, 6.45) is 3.64. The first-order valence-electron chi connectivity index (χ1n) is 8.25. The molecule has 0 spiro atoms. The second-order valence-corrected chi connectivity index (χ2v) is 6.08. The van der Waals surface area contributed by atoms with Gasteiger partial charge in [0.05, 0.1) is 23.3 Å². The third-order valence-corrected chi connectivity index (χ3v) is 4.44. The van der Waals surface area contributed by atoms with Crippen molar-refractivity contribution in [3.05, 3.63) is 41.9 Å². The van der Waals surface area contributed by atoms with Crippen molar-refractivity contribution in [2.45, 2.75) is 25.4 Å². The highest BCUT2D eigenvalue weighted by Gasteiger charge is 2.40. The molecule has 2 N–H and O–H groups in total. The van der Waals surface area contributed by atoms with Gasteiger partial charge in [-0.15, -0.1) is 0 Å². The summed E-state index contributed by atoms with van der Waals surface area (Å²) < 4.78 is 1.78. The number of nitrogens with zero attached hydrogens (tertiary/aromatic N) is 4. The summed E-state index contributed by atoms with van der Waals surface area (Å²) in [5.41, 5.74) is 1.47. The molecule has 132 valence electrons. The van der Waals surface area contributed by atoms with Gasteiger partial charge in [-0.1, -0.05) is 0 Å². The molecule has 1 aliphatic heterocycles. The fourth-order valence-electron chi connectivity index (χ4n) is 3.14. The fraction of sp³-hybridized carbons (Fsp3) is 0.412. The Balaban J connectivity index is 1.78. The lowest BCUT2D eigenvalue weighted by Gasteiger charge is -2.26. The quantitative estimate of drug-likeness (QED) is 0.844. The van der Waals surface area contributed by atoms with E-state index in [9.17, 15) is 9.59 Å². The van der Waals surface area contributed by atoms with Crippen molar-refractivity contribution < 1.29 is 9.59 Å². The van der Waals surface area contributed by atoms with Crippen molar-refractivity contribution in [1.82, 2.24) is 25.0 Å². The average Bonchev–Trinajstić information content (AvgIpc) is 3.12. The van der Waals surface area contributed by atoms with Gasteiger partial charge in [-0.25, -0.2) is 4.98 Å². The highest BCUT2D eigenvalue weighted by atomic mass is 16.2. The summed E-state index contributed by atoms with van der Waals surface area (Å²) in [6, 6.07) is 5.16. The van der Waals surface area contributed by atoms with Crippen LogP contribution in [-0.4, -0.2) is 51.1 Å². The highest BCUT2D eigenvalue weighted by Crippen LogP contribution is 2.33. The molecule has 3 heterocycles. The number of carbonyl (C=O) groups excluding carboxylic acids is 2. The molecule has 3 rings (SSSR count). The van der Waals surface area contributed by atoms with Crippen LogP contribution in [0, 0.1) is 0 Å². The number of aromatic nitrogens is 3. The molecular weight excluding hydrogens is 320 g/mol. The first kappa shape index (κ1) is 16.9. The van der Waals surface area contributed by atoms with E-state index in [1.807, 2.05) is 20.0 Å². The SMILES string of the molecule is CCNC(=O)c1ccc(N[C@@H]2CC(=O)N(C)[C@H]2c2ccnn2C)nc1. The van der Waals surface area contributed by atoms with E-state index in [2.05, 4.69) is 20.7 Å². The van der Waals surface area contributed by atoms with Crippen LogP contribution in [0.1, 0.15) is 35.4 Å². The second-order valence-electron chi connectivity index (χ2n) is 6.08. The maximum Gasteiger partial charge on any atom is 0.252 e. The molecule has 8 nitrogen and oxygen atoms in total. The van der Waals surface area contributed by atoms with Crippen molar-refractivity contribution in [2.24, 2.45) is 7.05 Å². The Hall–Kier alpha value is -2.90. The zero-order valence-electron chi connectivity index (χ0n) is 14.6. The summed E-state index contributed by atoms with van der Waals surface area (Å²) in [5, 5.41) is 10.3. The number of hydrogen-bond donors (Lipinski definition) is 2. The monoisotopic (exact) mass is 342 g/mol. The Morgan fingerprint density at radius 2 is 2.12 bits per heavy atom. The average molecular weight is 342 g/mol. The molecule has 2 aromatic heterocycles. The number of nitrogens with one attached hydrogen (secondary N) is 2. The number of likely N-dealkylation sites (N-methyl/N-ethyl adjacent to an activating group) is 1. The van der Waals surface area contributed by atoms with E-state index in [1.165, 1.54) is 6.20 Å². The molecule has 0 saturated carbocycles. The van der Waals surface area contributed by atoms with Crippen molar-refractivity contribution in [2.75, 3.05) is 18.9 Å². The molecule has 1 aliphatic rings. The highest BCUT2D eigenvalue weighted by molar-refractivity contribution is 5.94. The van der Waals surface area contributed by atoms with Gasteiger partial charge in [0.25, 0.3) is 5.91 Å². The molecule has 1 fully saturated rings. The normalized spacial score (nSPS) is 20.0. The van der Waals surface area contributed by atoms with E-state index in [1.54, 1.807) is 35.0 Å². The first-order valence-corrected chi connectivity index (χ1v) is 8.25. The smallest absolute Gasteiger partial charge is 0.252 e. The van der Waals surface area contributed by atoms with Gasteiger partial charge >= 0.3 is 0 Å². The molecule has 1 saturated heterocycles. The zero-order chi connectivity index (χ0) is 18.0. The minimum Gasteiger partial charge on any atom is -0.364 e. The topological polar surface area (TPSA) is 92.2 Å². The minimum atomic E-state index is -0.148. The van der Waals surface area contributed by atoms with E-state index >= 15 is 0 Å². The van der Waals surface area contributed by atoms with Gasteiger partial charge < -0.3 is 15.5 Å². The first-order chi connectivity index (χ1) is 12.0. The Morgan fingerprint density at radius 3 is 2.72 bits per heavy atom. The van der Waals surface area contributed by atoms with Crippen LogP contribution in [0.4, 0.5) is 5.82 Å². The second kappa shape index (κ2) is 6.92. The molecule has 0 bridgehead atoms. The van der Waals surface area contributed by atoms with E-state index in [0.717, 1.165) is 5.69 Å². The summed E-state index contributed by atoms with van der Waals surface area (Å²) in [5.74, 6) is 0.557. The van der Waals surface area contributed by atoms with Gasteiger partial charge in [0.15, 0.2) is 0 Å². The van der Waals surface area contributed by atoms with E-state index in [-0.39, 0.29) is 23.9 Å². The summed E-state index contributed by atoms with van der Waals surface area (Å²) in [7, 11) is 3.66. The minimum absolute atomic E-state index is 0.0719. The number of pyridine rings is 1. The maximum absolute atomic E-state index is 12.2. The molecule has 0 aromatic carbocycles. The number of carbonyl (C=O) groups is 2. The van der Waals surface area contributed by atoms with Crippen molar-refractivity contribution in [3.8, 4) is 0 Å². The standard InChI is InChI=1S/C17H22N6O2/c1-4-18-17(25)11-5-6-14(19-10-11)21-12-9-15(24)22(2)16(12)13-7-8-20-23(13)3/h5-8,10,12,16H,4,9H2,1-3H3,(H,18,25)(H,19,21)/t12-,16-/m1/s1. The van der Waals surface area contributed by atoms with Crippen molar-refractivity contribution >= 4 is 17.6 Å². The van der Waals surface area contributed by atoms with E-state index < -0.39 is 0 Å². The Morgan fingerprint density at radius 1 is 1.32 bits per heavy atom. The van der Waals surface area contributed by atoms with E-state index in [0.29, 0.717) is 24.3 Å². The van der Waals surface area contributed by atoms with Gasteiger partial charge in [0, 0.05) is 39.5 Å². The van der Waals surface area contributed by atoms with Crippen LogP contribution in [0.25, 0.3) is 0 Å². The molecule has 2 amide bonds. The zero-order valence-corrected chi connectivity index (χ0v) is 14.6. The Bertz CT molecular complexity index is 770. The molecule has 0 aliphatic carbocycles. The van der Waals surface area contributed by atoms with Crippen LogP contribution in [0.2, 0.25) is 0 Å². The van der Waals surface area contributed by atoms with Crippen LogP contribution in [0.15, 0.2) is 30.6 Å². The van der Waals surface area contributed by atoms with Crippen molar-refractivity contribution in [1.29, 1.82) is 0 Å². The lowest BCUT2D eigenvalue weighted by atomic mass is 10.1. The Kier molecular flexibility index (Phi) is 4.69. The third kappa shape index (κ3) is 3.33. The largest absolute Gasteiger partial charge is 0.364 e. The van der Waals surface area contributed by atoms with E-state index in [4.69, 9.17) is 0 Å². The third-order valence-electron chi connectivity index (χ3n) is 4.44. The maximum atomic E-state index is 12.2. The van der Waals surface area contributed by atoms with Crippen LogP contribution in [0.3, 0.4) is 0 Å². The number of aryl methyl sites for hydroxylation is 1. The lowest BCUT2D eigenvalue weighted by Crippen LogP contribution is -2.31. The number of likely N-dealkylation sites (tertiary alicyclic amines) is 1. The predicted octanol–water partition coefficient (Wildman–Crippen LogP) is 0.949. The Labute approximate surface area is 146 Å². The van der Waals surface area contributed by atoms with Crippen LogP contribution >= 0.6 is 0 Å². The number of hydrogen-bond acceptors (Lipinski definition) is 5.